The fourth-order valence-corrected chi connectivity index (χ4v) is 2.42. The molecule has 1 saturated carbocycles. The number of nitrogens with one attached hydrogen (secondary N) is 2. The van der Waals surface area contributed by atoms with Crippen LogP contribution in [-0.2, 0) is 16.0 Å². The lowest BCUT2D eigenvalue weighted by Crippen LogP contribution is -2.49. The third kappa shape index (κ3) is 4.47. The molecule has 0 aliphatic heterocycles. The first-order valence-electron chi connectivity index (χ1n) is 8.01. The average molecular weight is 318 g/mol. The van der Waals surface area contributed by atoms with Gasteiger partial charge in [-0.2, -0.15) is 0 Å². The summed E-state index contributed by atoms with van der Waals surface area (Å²) in [6.45, 7) is 6.28. The van der Waals surface area contributed by atoms with E-state index in [9.17, 15) is 9.59 Å². The molecule has 0 saturated heterocycles. The molecule has 0 radical (unpaired) electrons. The van der Waals surface area contributed by atoms with Crippen molar-refractivity contribution >= 4 is 11.8 Å². The van der Waals surface area contributed by atoms with Crippen molar-refractivity contribution in [2.24, 2.45) is 5.41 Å². The Labute approximate surface area is 137 Å². The Bertz CT molecular complexity index is 569. The van der Waals surface area contributed by atoms with E-state index in [1.165, 1.54) is 0 Å². The van der Waals surface area contributed by atoms with Gasteiger partial charge in [0.15, 0.2) is 0 Å². The first kappa shape index (κ1) is 17.3. The normalized spacial score (nSPS) is 15.7. The van der Waals surface area contributed by atoms with Crippen LogP contribution in [0.4, 0.5) is 0 Å². The summed E-state index contributed by atoms with van der Waals surface area (Å²) in [4.78, 5) is 24.7. The molecule has 0 heterocycles. The van der Waals surface area contributed by atoms with Gasteiger partial charge in [-0.05, 0) is 57.7 Å². The molecule has 1 fully saturated rings. The minimum atomic E-state index is -0.854. The van der Waals surface area contributed by atoms with E-state index in [1.807, 2.05) is 45.0 Å². The lowest BCUT2D eigenvalue weighted by Gasteiger charge is -2.24. The molecule has 2 amide bonds. The van der Waals surface area contributed by atoms with Crippen molar-refractivity contribution in [1.29, 1.82) is 0 Å². The van der Waals surface area contributed by atoms with Gasteiger partial charge in [0.2, 0.25) is 11.8 Å². The zero-order valence-corrected chi connectivity index (χ0v) is 14.4. The minimum Gasteiger partial charge on any atom is -0.497 e. The summed E-state index contributed by atoms with van der Waals surface area (Å²) >= 11 is 0. The quantitative estimate of drug-likeness (QED) is 0.789. The van der Waals surface area contributed by atoms with Gasteiger partial charge in [-0.1, -0.05) is 12.1 Å². The lowest BCUT2D eigenvalue weighted by atomic mass is 10.0. The first-order valence-corrected chi connectivity index (χ1v) is 8.01. The molecule has 5 heteroatoms. The lowest BCUT2D eigenvalue weighted by molar-refractivity contribution is -0.138. The molecular weight excluding hydrogens is 292 g/mol. The maximum absolute atomic E-state index is 12.4. The second kappa shape index (κ2) is 6.60. The van der Waals surface area contributed by atoms with E-state index in [4.69, 9.17) is 4.74 Å². The van der Waals surface area contributed by atoms with E-state index in [2.05, 4.69) is 10.6 Å². The molecule has 23 heavy (non-hydrogen) atoms. The molecule has 1 aliphatic carbocycles. The van der Waals surface area contributed by atoms with Gasteiger partial charge in [-0.3, -0.25) is 9.59 Å². The number of benzene rings is 1. The van der Waals surface area contributed by atoms with Crippen LogP contribution >= 0.6 is 0 Å². The van der Waals surface area contributed by atoms with Crippen LogP contribution in [0.25, 0.3) is 0 Å². The molecule has 2 rings (SSSR count). The van der Waals surface area contributed by atoms with Crippen LogP contribution in [0.2, 0.25) is 0 Å². The van der Waals surface area contributed by atoms with Crippen molar-refractivity contribution in [2.45, 2.75) is 45.6 Å². The standard InChI is InChI=1S/C18H26N2O3/c1-17(2,3)20-16(22)18(10-11-18)15(21)19-12-9-13-5-7-14(23-4)8-6-13/h5-8H,9-12H2,1-4H3,(H,19,21)(H,20,22). The number of hydrogen-bond acceptors (Lipinski definition) is 3. The highest BCUT2D eigenvalue weighted by Crippen LogP contribution is 2.46. The Morgan fingerprint density at radius 1 is 1.13 bits per heavy atom. The maximum atomic E-state index is 12.4. The Hall–Kier alpha value is -2.04. The van der Waals surface area contributed by atoms with E-state index in [1.54, 1.807) is 7.11 Å². The molecule has 0 aromatic heterocycles. The highest BCUT2D eigenvalue weighted by atomic mass is 16.5. The van der Waals surface area contributed by atoms with Crippen molar-refractivity contribution in [2.75, 3.05) is 13.7 Å². The number of amides is 2. The van der Waals surface area contributed by atoms with Crippen LogP contribution < -0.4 is 15.4 Å². The molecule has 2 N–H and O–H groups in total. The smallest absolute Gasteiger partial charge is 0.236 e. The van der Waals surface area contributed by atoms with E-state index in [-0.39, 0.29) is 17.4 Å². The zero-order valence-electron chi connectivity index (χ0n) is 14.4. The maximum Gasteiger partial charge on any atom is 0.236 e. The van der Waals surface area contributed by atoms with E-state index in [0.29, 0.717) is 19.4 Å². The Morgan fingerprint density at radius 2 is 1.74 bits per heavy atom. The number of hydrogen-bond donors (Lipinski definition) is 2. The van der Waals surface area contributed by atoms with Gasteiger partial charge in [0, 0.05) is 12.1 Å². The van der Waals surface area contributed by atoms with Gasteiger partial charge < -0.3 is 15.4 Å². The summed E-state index contributed by atoms with van der Waals surface area (Å²) in [6.07, 6.45) is 1.99. The van der Waals surface area contributed by atoms with E-state index in [0.717, 1.165) is 17.7 Å². The van der Waals surface area contributed by atoms with Gasteiger partial charge in [-0.15, -0.1) is 0 Å². The number of rotatable bonds is 6. The number of carbonyl (C=O) groups is 2. The SMILES string of the molecule is COc1ccc(CCNC(=O)C2(C(=O)NC(C)(C)C)CC2)cc1. The second-order valence-electron chi connectivity index (χ2n) is 7.14. The largest absolute Gasteiger partial charge is 0.497 e. The molecule has 0 atom stereocenters. The summed E-state index contributed by atoms with van der Waals surface area (Å²) in [6, 6.07) is 7.75. The monoisotopic (exact) mass is 318 g/mol. The fraction of sp³-hybridized carbons (Fsp3) is 0.556. The molecular formula is C18H26N2O3. The van der Waals surface area contributed by atoms with Crippen LogP contribution in [0.15, 0.2) is 24.3 Å². The molecule has 0 spiro atoms. The van der Waals surface area contributed by atoms with Gasteiger partial charge in [0.1, 0.15) is 11.2 Å². The van der Waals surface area contributed by atoms with Crippen molar-refractivity contribution in [3.8, 4) is 5.75 Å². The highest BCUT2D eigenvalue weighted by Gasteiger charge is 2.56. The fourth-order valence-electron chi connectivity index (χ4n) is 2.42. The second-order valence-corrected chi connectivity index (χ2v) is 7.14. The summed E-state index contributed by atoms with van der Waals surface area (Å²) in [5.41, 5.74) is -0.0569. The molecule has 1 aromatic carbocycles. The van der Waals surface area contributed by atoms with Crippen LogP contribution in [0.1, 0.15) is 39.2 Å². The van der Waals surface area contributed by atoms with E-state index < -0.39 is 5.41 Å². The van der Waals surface area contributed by atoms with Gasteiger partial charge in [0.25, 0.3) is 0 Å². The predicted molar refractivity (Wildman–Crippen MR) is 89.3 cm³/mol. The molecule has 1 aromatic rings. The van der Waals surface area contributed by atoms with Crippen LogP contribution in [-0.4, -0.2) is 31.0 Å². The molecule has 0 bridgehead atoms. The Balaban J connectivity index is 1.83. The Morgan fingerprint density at radius 3 is 2.22 bits per heavy atom. The van der Waals surface area contributed by atoms with E-state index >= 15 is 0 Å². The third-order valence-electron chi connectivity index (χ3n) is 3.97. The van der Waals surface area contributed by atoms with Crippen molar-refractivity contribution < 1.29 is 14.3 Å². The Kier molecular flexibility index (Phi) is 4.97. The van der Waals surface area contributed by atoms with Crippen molar-refractivity contribution in [3.05, 3.63) is 29.8 Å². The van der Waals surface area contributed by atoms with Gasteiger partial charge in [0.05, 0.1) is 7.11 Å². The summed E-state index contributed by atoms with van der Waals surface area (Å²) in [5, 5.41) is 5.81. The third-order valence-corrected chi connectivity index (χ3v) is 3.97. The average Bonchev–Trinajstić information content (AvgIpc) is 3.28. The molecule has 1 aliphatic rings. The molecule has 5 nitrogen and oxygen atoms in total. The van der Waals surface area contributed by atoms with Crippen LogP contribution in [0.3, 0.4) is 0 Å². The highest BCUT2D eigenvalue weighted by molar-refractivity contribution is 6.08. The predicted octanol–water partition coefficient (Wildman–Crippen LogP) is 2.05. The zero-order chi connectivity index (χ0) is 17.1. The van der Waals surface area contributed by atoms with Crippen LogP contribution in [0, 0.1) is 5.41 Å². The number of ether oxygens (including phenoxy) is 1. The van der Waals surface area contributed by atoms with Gasteiger partial charge in [-0.25, -0.2) is 0 Å². The molecule has 0 unspecified atom stereocenters. The van der Waals surface area contributed by atoms with Crippen molar-refractivity contribution in [1.82, 2.24) is 10.6 Å². The number of carbonyl (C=O) groups excluding carboxylic acids is 2. The topological polar surface area (TPSA) is 67.4 Å². The first-order chi connectivity index (χ1) is 10.8. The van der Waals surface area contributed by atoms with Gasteiger partial charge >= 0.3 is 0 Å². The van der Waals surface area contributed by atoms with Crippen LogP contribution in [0.5, 0.6) is 5.75 Å². The summed E-state index contributed by atoms with van der Waals surface area (Å²) in [7, 11) is 1.63. The molecule has 126 valence electrons. The van der Waals surface area contributed by atoms with Crippen molar-refractivity contribution in [3.63, 3.8) is 0 Å². The summed E-state index contributed by atoms with van der Waals surface area (Å²) < 4.78 is 5.12. The summed E-state index contributed by atoms with van der Waals surface area (Å²) in [5.74, 6) is 0.494. The minimum absolute atomic E-state index is 0.159. The number of methoxy groups -OCH3 is 1.